The fraction of sp³-hybridized carbons (Fsp3) is 0.538. The Morgan fingerprint density at radius 1 is 1.19 bits per heavy atom. The molecular weight excluding hydrogens is 326 g/mol. The summed E-state index contributed by atoms with van der Waals surface area (Å²) in [7, 11) is -8.25. The summed E-state index contributed by atoms with van der Waals surface area (Å²) in [5, 5.41) is 1.19. The molecule has 1 aromatic rings. The first-order chi connectivity index (χ1) is 9.60. The molecule has 118 valence electrons. The number of nitrogens with one attached hydrogen (secondary N) is 1. The SMILES string of the molecule is C[Si](C)(CNS(=O)(=O)CC1CS(=O)(=O)C1)c1ccccc1. The third-order valence-corrected chi connectivity index (χ3v) is 10.4. The molecule has 0 radical (unpaired) electrons. The highest BCUT2D eigenvalue weighted by Gasteiger charge is 2.37. The van der Waals surface area contributed by atoms with E-state index < -0.39 is 27.9 Å². The van der Waals surface area contributed by atoms with Crippen molar-refractivity contribution in [3.8, 4) is 0 Å². The van der Waals surface area contributed by atoms with Crippen molar-refractivity contribution < 1.29 is 16.8 Å². The highest BCUT2D eigenvalue weighted by atomic mass is 32.2. The third kappa shape index (κ3) is 4.63. The Hall–Kier alpha value is -0.703. The van der Waals surface area contributed by atoms with E-state index in [9.17, 15) is 16.8 Å². The zero-order chi connectivity index (χ0) is 15.7. The van der Waals surface area contributed by atoms with Gasteiger partial charge in [-0.15, -0.1) is 0 Å². The summed E-state index contributed by atoms with van der Waals surface area (Å²) in [5.41, 5.74) is 0. The smallest absolute Gasteiger partial charge is 0.211 e. The summed E-state index contributed by atoms with van der Waals surface area (Å²) < 4.78 is 48.9. The van der Waals surface area contributed by atoms with E-state index in [1.54, 1.807) is 0 Å². The lowest BCUT2D eigenvalue weighted by atomic mass is 10.2. The van der Waals surface area contributed by atoms with Crippen molar-refractivity contribution in [2.75, 3.05) is 23.4 Å². The van der Waals surface area contributed by atoms with Crippen LogP contribution < -0.4 is 9.91 Å². The van der Waals surface area contributed by atoms with Crippen LogP contribution in [0.1, 0.15) is 0 Å². The molecule has 1 saturated heterocycles. The van der Waals surface area contributed by atoms with Crippen LogP contribution in [0.25, 0.3) is 0 Å². The Morgan fingerprint density at radius 2 is 1.76 bits per heavy atom. The molecule has 0 aliphatic carbocycles. The molecule has 1 heterocycles. The Kier molecular flexibility index (Phi) is 4.62. The Morgan fingerprint density at radius 3 is 2.29 bits per heavy atom. The standard InChI is InChI=1S/C13H21NO4S2Si/c1-21(2,13-6-4-3-5-7-13)11-14-20(17,18)10-12-8-19(15,16)9-12/h3-7,12,14H,8-11H2,1-2H3. The van der Waals surface area contributed by atoms with Crippen molar-refractivity contribution in [2.45, 2.75) is 13.1 Å². The van der Waals surface area contributed by atoms with Crippen molar-refractivity contribution in [1.82, 2.24) is 4.72 Å². The van der Waals surface area contributed by atoms with E-state index in [2.05, 4.69) is 17.8 Å². The molecule has 1 aliphatic rings. The van der Waals surface area contributed by atoms with Gasteiger partial charge < -0.3 is 0 Å². The molecule has 1 N–H and O–H groups in total. The van der Waals surface area contributed by atoms with Crippen LogP contribution in [0, 0.1) is 5.92 Å². The molecule has 1 aromatic carbocycles. The number of sulfone groups is 1. The van der Waals surface area contributed by atoms with Gasteiger partial charge in [-0.05, 0) is 0 Å². The minimum atomic E-state index is -3.41. The van der Waals surface area contributed by atoms with Gasteiger partial charge in [0, 0.05) is 12.1 Å². The summed E-state index contributed by atoms with van der Waals surface area (Å²) in [5.74, 6) is -0.360. The fourth-order valence-corrected chi connectivity index (χ4v) is 8.89. The maximum absolute atomic E-state index is 12.0. The van der Waals surface area contributed by atoms with Crippen molar-refractivity contribution >= 4 is 33.1 Å². The molecule has 1 fully saturated rings. The van der Waals surface area contributed by atoms with E-state index in [-0.39, 0.29) is 23.2 Å². The average Bonchev–Trinajstić information content (AvgIpc) is 2.35. The zero-order valence-corrected chi connectivity index (χ0v) is 14.9. The van der Waals surface area contributed by atoms with E-state index in [1.165, 1.54) is 5.19 Å². The first-order valence-electron chi connectivity index (χ1n) is 6.83. The second-order valence-electron chi connectivity index (χ2n) is 6.30. The van der Waals surface area contributed by atoms with E-state index in [0.29, 0.717) is 6.17 Å². The van der Waals surface area contributed by atoms with Gasteiger partial charge in [0.25, 0.3) is 0 Å². The number of rotatable bonds is 6. The Labute approximate surface area is 127 Å². The Bertz CT molecular complexity index is 687. The van der Waals surface area contributed by atoms with Gasteiger partial charge >= 0.3 is 0 Å². The van der Waals surface area contributed by atoms with Gasteiger partial charge in [0.1, 0.15) is 0 Å². The molecule has 0 bridgehead atoms. The highest BCUT2D eigenvalue weighted by molar-refractivity contribution is 7.93. The fourth-order valence-electron chi connectivity index (χ4n) is 2.42. The maximum Gasteiger partial charge on any atom is 0.211 e. The molecule has 0 unspecified atom stereocenters. The molecule has 0 spiro atoms. The van der Waals surface area contributed by atoms with Gasteiger partial charge in [0.05, 0.1) is 25.3 Å². The summed E-state index contributed by atoms with van der Waals surface area (Å²) in [6.07, 6.45) is 0.429. The van der Waals surface area contributed by atoms with Gasteiger partial charge in [0.2, 0.25) is 10.0 Å². The van der Waals surface area contributed by atoms with Crippen molar-refractivity contribution in [2.24, 2.45) is 5.92 Å². The molecule has 8 heteroatoms. The van der Waals surface area contributed by atoms with E-state index in [1.807, 2.05) is 30.3 Å². The normalized spacial score (nSPS) is 19.1. The number of sulfonamides is 1. The molecular formula is C13H21NO4S2Si. The van der Waals surface area contributed by atoms with Crippen LogP contribution in [0.2, 0.25) is 13.1 Å². The molecule has 2 rings (SSSR count). The minimum Gasteiger partial charge on any atom is -0.229 e. The van der Waals surface area contributed by atoms with Crippen molar-refractivity contribution in [3.05, 3.63) is 30.3 Å². The molecule has 0 saturated carbocycles. The van der Waals surface area contributed by atoms with Crippen LogP contribution in [0.3, 0.4) is 0 Å². The van der Waals surface area contributed by atoms with Crippen LogP contribution in [0.15, 0.2) is 30.3 Å². The van der Waals surface area contributed by atoms with Crippen LogP contribution >= 0.6 is 0 Å². The van der Waals surface area contributed by atoms with Crippen molar-refractivity contribution in [3.63, 3.8) is 0 Å². The van der Waals surface area contributed by atoms with Gasteiger partial charge in [-0.1, -0.05) is 48.6 Å². The first kappa shape index (κ1) is 16.7. The lowest BCUT2D eigenvalue weighted by Gasteiger charge is -2.27. The Balaban J connectivity index is 1.92. The summed E-state index contributed by atoms with van der Waals surface area (Å²) in [6.45, 7) is 4.22. The van der Waals surface area contributed by atoms with Gasteiger partial charge in [-0.3, -0.25) is 0 Å². The van der Waals surface area contributed by atoms with Crippen LogP contribution in [0.5, 0.6) is 0 Å². The van der Waals surface area contributed by atoms with Crippen molar-refractivity contribution in [1.29, 1.82) is 0 Å². The highest BCUT2D eigenvalue weighted by Crippen LogP contribution is 2.19. The largest absolute Gasteiger partial charge is 0.229 e. The average molecular weight is 348 g/mol. The van der Waals surface area contributed by atoms with Gasteiger partial charge in [-0.2, -0.15) is 0 Å². The lowest BCUT2D eigenvalue weighted by molar-refractivity contribution is 0.531. The van der Waals surface area contributed by atoms with Gasteiger partial charge in [0.15, 0.2) is 9.84 Å². The lowest BCUT2D eigenvalue weighted by Crippen LogP contribution is -2.53. The summed E-state index contributed by atoms with van der Waals surface area (Å²) in [4.78, 5) is 0. The number of benzene rings is 1. The van der Waals surface area contributed by atoms with E-state index >= 15 is 0 Å². The summed E-state index contributed by atoms with van der Waals surface area (Å²) >= 11 is 0. The minimum absolute atomic E-state index is 0.00653. The van der Waals surface area contributed by atoms with Crippen LogP contribution in [-0.4, -0.2) is 48.3 Å². The molecule has 21 heavy (non-hydrogen) atoms. The second kappa shape index (κ2) is 5.83. The van der Waals surface area contributed by atoms with E-state index in [0.717, 1.165) is 0 Å². The third-order valence-electron chi connectivity index (χ3n) is 3.72. The quantitative estimate of drug-likeness (QED) is 0.741. The van der Waals surface area contributed by atoms with E-state index in [4.69, 9.17) is 0 Å². The summed E-state index contributed by atoms with van der Waals surface area (Å²) in [6, 6.07) is 9.91. The molecule has 0 aromatic heterocycles. The van der Waals surface area contributed by atoms with Crippen LogP contribution in [-0.2, 0) is 19.9 Å². The zero-order valence-electron chi connectivity index (χ0n) is 12.2. The van der Waals surface area contributed by atoms with Gasteiger partial charge in [-0.25, -0.2) is 21.6 Å². The molecule has 1 aliphatic heterocycles. The predicted molar refractivity (Wildman–Crippen MR) is 87.5 cm³/mol. The number of hydrogen-bond donors (Lipinski definition) is 1. The maximum atomic E-state index is 12.0. The molecule has 5 nitrogen and oxygen atoms in total. The van der Waals surface area contributed by atoms with Crippen LogP contribution in [0.4, 0.5) is 0 Å². The molecule has 0 amide bonds. The number of hydrogen-bond acceptors (Lipinski definition) is 4. The predicted octanol–water partition coefficient (Wildman–Crippen LogP) is 0.105. The first-order valence-corrected chi connectivity index (χ1v) is 13.5. The molecule has 0 atom stereocenters. The second-order valence-corrected chi connectivity index (χ2v) is 15.0. The topological polar surface area (TPSA) is 80.3 Å². The monoisotopic (exact) mass is 347 g/mol.